The molecule has 0 aliphatic carbocycles. The number of carbonyl (C=O) groups excluding carboxylic acids is 1. The van der Waals surface area contributed by atoms with Crippen LogP contribution in [0.1, 0.15) is 47.7 Å². The number of aromatic nitrogens is 1. The molecule has 0 unspecified atom stereocenters. The molecule has 2 saturated heterocycles. The van der Waals surface area contributed by atoms with E-state index in [1.54, 1.807) is 18.2 Å². The number of pyridine rings is 1. The third kappa shape index (κ3) is 6.15. The topological polar surface area (TPSA) is 87.9 Å². The van der Waals surface area contributed by atoms with E-state index in [4.69, 9.17) is 11.6 Å². The van der Waals surface area contributed by atoms with E-state index < -0.39 is 0 Å². The second-order valence-electron chi connectivity index (χ2n) is 9.55. The molecular formula is C27H31ClN7OU-. The van der Waals surface area contributed by atoms with Crippen LogP contribution in [-0.2, 0) is 0 Å². The first-order valence-electron chi connectivity index (χ1n) is 12.7. The number of nitriles is 1. The Balaban J connectivity index is 0.00000320. The first kappa shape index (κ1) is 27.9. The standard InChI is InChI=1S/C27H31ClN7O.U/c1-2-22-18-34(25-6-3-19(17-32-25)26-30-9-10-31-26)13-14-35(22)23-7-11-33(12-8-23)27(36)24-5-4-21(28)15-20(24)16-29;/h3-5,15,17,22-23H,2,7-14,18H2,1H3,(H,30,31);/q-1;/t22-;/m0./s1. The number of nitrogens with one attached hydrogen (secondary N) is 1. The molecule has 0 bridgehead atoms. The first-order valence-corrected chi connectivity index (χ1v) is 13.1. The Morgan fingerprint density at radius 1 is 1.27 bits per heavy atom. The minimum absolute atomic E-state index is 0. The molecule has 10 heteroatoms. The van der Waals surface area contributed by atoms with Crippen molar-refractivity contribution in [2.75, 3.05) is 50.7 Å². The molecule has 1 N–H and O–H groups in total. The number of amidine groups is 1. The van der Waals surface area contributed by atoms with Crippen molar-refractivity contribution in [1.82, 2.24) is 20.1 Å². The summed E-state index contributed by atoms with van der Waals surface area (Å²) in [6.07, 6.45) is 4.82. The van der Waals surface area contributed by atoms with Gasteiger partial charge in [0.05, 0.1) is 17.7 Å². The molecule has 0 radical (unpaired) electrons. The smallest absolute Gasteiger partial charge is 0.255 e. The molecule has 0 saturated carbocycles. The fourth-order valence-corrected chi connectivity index (χ4v) is 5.69. The van der Waals surface area contributed by atoms with E-state index in [-0.39, 0.29) is 37.0 Å². The van der Waals surface area contributed by atoms with Crippen LogP contribution >= 0.6 is 11.6 Å². The number of amides is 1. The fraction of sp³-hybridized carbons (Fsp3) is 0.481. The number of likely N-dealkylation sites (tertiary alicyclic amines) is 1. The molecule has 2 aromatic rings. The third-order valence-corrected chi connectivity index (χ3v) is 7.72. The van der Waals surface area contributed by atoms with Gasteiger partial charge in [0.15, 0.2) is 0 Å². The van der Waals surface area contributed by atoms with Gasteiger partial charge in [0.2, 0.25) is 0 Å². The third-order valence-electron chi connectivity index (χ3n) is 7.48. The number of piperidine rings is 1. The molecule has 192 valence electrons. The van der Waals surface area contributed by atoms with E-state index in [1.807, 2.05) is 17.2 Å². The zero-order valence-electron chi connectivity index (χ0n) is 21.1. The number of hydrogen-bond acceptors (Lipinski definition) is 7. The Morgan fingerprint density at radius 2 is 2.08 bits per heavy atom. The number of nitrogens with zero attached hydrogens (tertiary/aromatic N) is 6. The summed E-state index contributed by atoms with van der Waals surface area (Å²) in [5.74, 6) is 1.72. The van der Waals surface area contributed by atoms with Gasteiger partial charge in [0, 0.05) is 99.1 Å². The van der Waals surface area contributed by atoms with Crippen molar-refractivity contribution in [1.29, 1.82) is 5.26 Å². The normalized spacial score (nSPS) is 20.6. The molecule has 1 aromatic heterocycles. The summed E-state index contributed by atoms with van der Waals surface area (Å²) in [5, 5.41) is 13.2. The second kappa shape index (κ2) is 12.6. The van der Waals surface area contributed by atoms with Gasteiger partial charge in [-0.15, -0.1) is 5.56 Å². The van der Waals surface area contributed by atoms with Gasteiger partial charge in [-0.2, -0.15) is 5.26 Å². The summed E-state index contributed by atoms with van der Waals surface area (Å²) >= 11 is 6.00. The van der Waals surface area contributed by atoms with E-state index in [0.29, 0.717) is 41.3 Å². The summed E-state index contributed by atoms with van der Waals surface area (Å²) in [5.41, 5.74) is 1.76. The zero-order chi connectivity index (χ0) is 25.1. The maximum absolute atomic E-state index is 13.1. The van der Waals surface area contributed by atoms with Crippen LogP contribution in [0.15, 0.2) is 35.5 Å². The van der Waals surface area contributed by atoms with Crippen molar-refractivity contribution >= 4 is 29.2 Å². The molecule has 37 heavy (non-hydrogen) atoms. The van der Waals surface area contributed by atoms with Crippen LogP contribution in [0.2, 0.25) is 5.02 Å². The van der Waals surface area contributed by atoms with Gasteiger partial charge in [0.25, 0.3) is 5.91 Å². The number of carbonyl (C=O) groups is 1. The molecule has 1 aromatic carbocycles. The molecule has 5 rings (SSSR count). The fourth-order valence-electron chi connectivity index (χ4n) is 5.51. The summed E-state index contributed by atoms with van der Waals surface area (Å²) in [6, 6.07) is 13.2. The first-order chi connectivity index (χ1) is 17.6. The summed E-state index contributed by atoms with van der Waals surface area (Å²) in [4.78, 5) is 29.1. The van der Waals surface area contributed by atoms with Gasteiger partial charge >= 0.3 is 0 Å². The van der Waals surface area contributed by atoms with Gasteiger partial charge in [-0.3, -0.25) is 19.7 Å². The van der Waals surface area contributed by atoms with Crippen LogP contribution in [0.4, 0.5) is 5.82 Å². The van der Waals surface area contributed by atoms with Crippen LogP contribution < -0.4 is 10.2 Å². The van der Waals surface area contributed by atoms with E-state index >= 15 is 0 Å². The maximum Gasteiger partial charge on any atom is 0.255 e. The molecule has 3 aliphatic heterocycles. The number of anilines is 1. The van der Waals surface area contributed by atoms with Crippen molar-refractivity contribution < 1.29 is 35.9 Å². The number of benzene rings is 1. The van der Waals surface area contributed by atoms with E-state index in [9.17, 15) is 10.1 Å². The summed E-state index contributed by atoms with van der Waals surface area (Å²) in [7, 11) is 0. The van der Waals surface area contributed by atoms with Gasteiger partial charge in [-0.05, 0) is 43.7 Å². The van der Waals surface area contributed by atoms with Crippen molar-refractivity contribution in [3.63, 3.8) is 0 Å². The number of aliphatic imine (C=N–C) groups is 1. The molecule has 8 nitrogen and oxygen atoms in total. The maximum atomic E-state index is 13.1. The Morgan fingerprint density at radius 3 is 2.73 bits per heavy atom. The Hall–Kier alpha value is -2.10. The molecule has 1 amide bonds. The quantitative estimate of drug-likeness (QED) is 0.475. The van der Waals surface area contributed by atoms with Crippen LogP contribution in [0, 0.1) is 48.5 Å². The van der Waals surface area contributed by atoms with Crippen LogP contribution in [-0.4, -0.2) is 84.4 Å². The molecule has 0 spiro atoms. The molecule has 4 heterocycles. The average molecular weight is 743 g/mol. The van der Waals surface area contributed by atoms with Crippen LogP contribution in [0.25, 0.3) is 0 Å². The van der Waals surface area contributed by atoms with Crippen molar-refractivity contribution in [2.24, 2.45) is 4.99 Å². The average Bonchev–Trinajstić information content (AvgIpc) is 3.48. The predicted molar refractivity (Wildman–Crippen MR) is 141 cm³/mol. The monoisotopic (exact) mass is 742 g/mol. The molecule has 1 atom stereocenters. The van der Waals surface area contributed by atoms with Gasteiger partial charge in [-0.25, -0.2) is 12.1 Å². The SMILES string of the molecule is CC[C@H]1CN(c2[c-]cc(C3=NCCN3)cn2)CCN1C1CCN(C(=O)c2ccc(Cl)cc2C#N)CC1.[U]. The number of halogens is 1. The number of hydrogen-bond donors (Lipinski definition) is 1. The Kier molecular flexibility index (Phi) is 9.53. The van der Waals surface area contributed by atoms with Crippen molar-refractivity contribution in [3.05, 3.63) is 58.2 Å². The van der Waals surface area contributed by atoms with E-state index in [1.165, 1.54) is 0 Å². The molecule has 2 fully saturated rings. The van der Waals surface area contributed by atoms with E-state index in [0.717, 1.165) is 69.2 Å². The number of piperazine rings is 1. The second-order valence-corrected chi connectivity index (χ2v) is 9.99. The van der Waals surface area contributed by atoms with Crippen molar-refractivity contribution in [3.8, 4) is 6.07 Å². The van der Waals surface area contributed by atoms with Crippen LogP contribution in [0.5, 0.6) is 0 Å². The van der Waals surface area contributed by atoms with Gasteiger partial charge in [-0.1, -0.05) is 18.5 Å². The minimum Gasteiger partial charge on any atom is -0.383 e. The predicted octanol–water partition coefficient (Wildman–Crippen LogP) is 2.96. The van der Waals surface area contributed by atoms with E-state index in [2.05, 4.69) is 44.2 Å². The summed E-state index contributed by atoms with van der Waals surface area (Å²) < 4.78 is 0. The summed E-state index contributed by atoms with van der Waals surface area (Å²) in [6.45, 7) is 8.14. The van der Waals surface area contributed by atoms with Crippen molar-refractivity contribution in [2.45, 2.75) is 38.3 Å². The Labute approximate surface area is 247 Å². The Bertz CT molecular complexity index is 1170. The minimum atomic E-state index is -0.0812. The zero-order valence-corrected chi connectivity index (χ0v) is 26.0. The van der Waals surface area contributed by atoms with Crippen LogP contribution in [0.3, 0.4) is 0 Å². The molecule has 3 aliphatic rings. The molecular weight excluding hydrogens is 712 g/mol. The largest absolute Gasteiger partial charge is 0.383 e. The number of rotatable bonds is 5. The van der Waals surface area contributed by atoms with Gasteiger partial charge < -0.3 is 15.1 Å². The van der Waals surface area contributed by atoms with Gasteiger partial charge in [0.1, 0.15) is 6.07 Å².